The number of rotatable bonds is 7. The number of aryl methyl sites for hydroxylation is 2. The first-order valence-corrected chi connectivity index (χ1v) is 12.5. The Morgan fingerprint density at radius 1 is 1.19 bits per heavy atom. The highest BCUT2D eigenvalue weighted by Crippen LogP contribution is 2.26. The average molecular weight is 470 g/mol. The highest BCUT2D eigenvalue weighted by atomic mass is 32.2. The van der Waals surface area contributed by atoms with Crippen molar-refractivity contribution >= 4 is 34.9 Å². The summed E-state index contributed by atoms with van der Waals surface area (Å²) >= 11 is 3.39. The molecule has 1 aromatic carbocycles. The van der Waals surface area contributed by atoms with Crippen LogP contribution in [-0.2, 0) is 12.8 Å². The number of carbonyl (C=O) groups is 2. The molecule has 1 aliphatic heterocycles. The van der Waals surface area contributed by atoms with E-state index in [1.807, 2.05) is 36.1 Å². The van der Waals surface area contributed by atoms with Crippen LogP contribution >= 0.6 is 23.1 Å². The van der Waals surface area contributed by atoms with Crippen molar-refractivity contribution in [1.29, 1.82) is 0 Å². The number of piperidine rings is 1. The number of nitrogens with one attached hydrogen (secondary N) is 1. The lowest BCUT2D eigenvalue weighted by Crippen LogP contribution is -2.41. The van der Waals surface area contributed by atoms with Crippen LogP contribution in [0.2, 0.25) is 0 Å². The van der Waals surface area contributed by atoms with Crippen LogP contribution in [0.15, 0.2) is 46.4 Å². The SMILES string of the molecule is Cc1csc(SCc2ccc(C(=O)N3CCC(CNC(=O)c4cnn(C)c4)CC3)cc2)n1. The Balaban J connectivity index is 1.22. The number of benzene rings is 1. The molecule has 9 heteroatoms. The average Bonchev–Trinajstić information content (AvgIpc) is 3.44. The lowest BCUT2D eigenvalue weighted by Gasteiger charge is -2.32. The van der Waals surface area contributed by atoms with Gasteiger partial charge in [-0.15, -0.1) is 11.3 Å². The summed E-state index contributed by atoms with van der Waals surface area (Å²) in [6, 6.07) is 7.90. The van der Waals surface area contributed by atoms with Gasteiger partial charge in [-0.1, -0.05) is 23.9 Å². The van der Waals surface area contributed by atoms with Crippen molar-refractivity contribution in [2.24, 2.45) is 13.0 Å². The van der Waals surface area contributed by atoms with Crippen molar-refractivity contribution in [3.8, 4) is 0 Å². The lowest BCUT2D eigenvalue weighted by atomic mass is 9.96. The van der Waals surface area contributed by atoms with Crippen LogP contribution < -0.4 is 5.32 Å². The Kier molecular flexibility index (Phi) is 7.26. The zero-order chi connectivity index (χ0) is 22.5. The van der Waals surface area contributed by atoms with Gasteiger partial charge in [-0.25, -0.2) is 4.98 Å². The fraction of sp³-hybridized carbons (Fsp3) is 0.391. The Bertz CT molecular complexity index is 1070. The number of amides is 2. The molecule has 0 bridgehead atoms. The molecule has 3 aromatic rings. The second-order valence-electron chi connectivity index (χ2n) is 8.09. The first-order valence-electron chi connectivity index (χ1n) is 10.7. The van der Waals surface area contributed by atoms with Crippen LogP contribution in [0.4, 0.5) is 0 Å². The van der Waals surface area contributed by atoms with E-state index in [9.17, 15) is 9.59 Å². The molecule has 1 N–H and O–H groups in total. The van der Waals surface area contributed by atoms with Crippen molar-refractivity contribution in [2.75, 3.05) is 19.6 Å². The highest BCUT2D eigenvalue weighted by Gasteiger charge is 2.24. The van der Waals surface area contributed by atoms with Gasteiger partial charge >= 0.3 is 0 Å². The Morgan fingerprint density at radius 2 is 1.94 bits per heavy atom. The maximum atomic E-state index is 12.9. The number of thiazole rings is 1. The zero-order valence-electron chi connectivity index (χ0n) is 18.3. The minimum Gasteiger partial charge on any atom is -0.352 e. The second kappa shape index (κ2) is 10.3. The van der Waals surface area contributed by atoms with E-state index < -0.39 is 0 Å². The number of aromatic nitrogens is 3. The zero-order valence-corrected chi connectivity index (χ0v) is 19.9. The number of hydrogen-bond acceptors (Lipinski definition) is 6. The summed E-state index contributed by atoms with van der Waals surface area (Å²) in [5.41, 5.74) is 3.54. The lowest BCUT2D eigenvalue weighted by molar-refractivity contribution is 0.0684. The van der Waals surface area contributed by atoms with E-state index in [1.165, 1.54) is 5.56 Å². The molecule has 0 unspecified atom stereocenters. The van der Waals surface area contributed by atoms with E-state index in [0.717, 1.165) is 34.2 Å². The van der Waals surface area contributed by atoms with E-state index in [-0.39, 0.29) is 11.8 Å². The van der Waals surface area contributed by atoms with E-state index >= 15 is 0 Å². The van der Waals surface area contributed by atoms with Gasteiger partial charge in [0.15, 0.2) is 0 Å². The summed E-state index contributed by atoms with van der Waals surface area (Å²) in [6.45, 7) is 4.06. The van der Waals surface area contributed by atoms with Crippen LogP contribution in [0.3, 0.4) is 0 Å². The van der Waals surface area contributed by atoms with E-state index in [0.29, 0.717) is 31.1 Å². The van der Waals surface area contributed by atoms with E-state index in [2.05, 4.69) is 20.8 Å². The molecule has 0 spiro atoms. The fourth-order valence-corrected chi connectivity index (χ4v) is 5.49. The molecule has 0 radical (unpaired) electrons. The molecule has 7 nitrogen and oxygen atoms in total. The van der Waals surface area contributed by atoms with E-state index in [1.54, 1.807) is 47.2 Å². The maximum Gasteiger partial charge on any atom is 0.254 e. The Morgan fingerprint density at radius 3 is 2.56 bits per heavy atom. The monoisotopic (exact) mass is 469 g/mol. The molecule has 32 heavy (non-hydrogen) atoms. The first-order chi connectivity index (χ1) is 15.5. The smallest absolute Gasteiger partial charge is 0.254 e. The van der Waals surface area contributed by atoms with Crippen LogP contribution in [0.25, 0.3) is 0 Å². The molecule has 3 heterocycles. The molecule has 4 rings (SSSR count). The topological polar surface area (TPSA) is 80.1 Å². The third-order valence-electron chi connectivity index (χ3n) is 5.58. The van der Waals surface area contributed by atoms with Crippen LogP contribution in [0.1, 0.15) is 44.8 Å². The van der Waals surface area contributed by atoms with Gasteiger partial charge in [0, 0.05) is 55.3 Å². The molecule has 0 atom stereocenters. The summed E-state index contributed by atoms with van der Waals surface area (Å²) in [4.78, 5) is 31.5. The van der Waals surface area contributed by atoms with Crippen molar-refractivity contribution < 1.29 is 9.59 Å². The molecule has 0 aliphatic carbocycles. The third kappa shape index (κ3) is 5.77. The molecule has 168 valence electrons. The number of nitrogens with zero attached hydrogens (tertiary/aromatic N) is 4. The summed E-state index contributed by atoms with van der Waals surface area (Å²) in [6.07, 6.45) is 5.06. The van der Waals surface area contributed by atoms with Gasteiger partial charge in [-0.2, -0.15) is 5.10 Å². The predicted molar refractivity (Wildman–Crippen MR) is 127 cm³/mol. The molecular formula is C23H27N5O2S2. The molecule has 1 saturated heterocycles. The highest BCUT2D eigenvalue weighted by molar-refractivity contribution is 8.00. The molecular weight excluding hydrogens is 442 g/mol. The van der Waals surface area contributed by atoms with Crippen LogP contribution in [0.5, 0.6) is 0 Å². The van der Waals surface area contributed by atoms with Crippen molar-refractivity contribution in [3.05, 3.63) is 64.4 Å². The van der Waals surface area contributed by atoms with Gasteiger partial charge in [0.1, 0.15) is 4.34 Å². The number of likely N-dealkylation sites (tertiary alicyclic amines) is 1. The number of thioether (sulfide) groups is 1. The standard InChI is InChI=1S/C23H27N5O2S2/c1-16-14-31-23(26-16)32-15-18-3-5-19(6-4-18)22(30)28-9-7-17(8-10-28)11-24-21(29)20-12-25-27(2)13-20/h3-6,12-14,17H,7-11,15H2,1-2H3,(H,24,29). The summed E-state index contributed by atoms with van der Waals surface area (Å²) in [7, 11) is 1.79. The molecule has 1 aliphatic rings. The Hall–Kier alpha value is -2.65. The van der Waals surface area contributed by atoms with Crippen LogP contribution in [-0.4, -0.2) is 51.1 Å². The minimum absolute atomic E-state index is 0.0811. The summed E-state index contributed by atoms with van der Waals surface area (Å²) in [5.74, 6) is 1.21. The molecule has 1 fully saturated rings. The molecule has 0 saturated carbocycles. The molecule has 2 aromatic heterocycles. The second-order valence-corrected chi connectivity index (χ2v) is 10.2. The van der Waals surface area contributed by atoms with Gasteiger partial charge in [0.2, 0.25) is 0 Å². The van der Waals surface area contributed by atoms with Gasteiger partial charge in [0.05, 0.1) is 11.8 Å². The summed E-state index contributed by atoms with van der Waals surface area (Å²) in [5, 5.41) is 9.07. The van der Waals surface area contributed by atoms with Crippen molar-refractivity contribution in [1.82, 2.24) is 25.0 Å². The van der Waals surface area contributed by atoms with Crippen molar-refractivity contribution in [2.45, 2.75) is 29.9 Å². The van der Waals surface area contributed by atoms with Gasteiger partial charge in [-0.05, 0) is 43.4 Å². The minimum atomic E-state index is -0.0974. The third-order valence-corrected chi connectivity index (χ3v) is 7.79. The van der Waals surface area contributed by atoms with Gasteiger partial charge in [-0.3, -0.25) is 14.3 Å². The first kappa shape index (κ1) is 22.5. The quantitative estimate of drug-likeness (QED) is 0.533. The van der Waals surface area contributed by atoms with Crippen LogP contribution in [0, 0.1) is 12.8 Å². The number of carbonyl (C=O) groups excluding carboxylic acids is 2. The van der Waals surface area contributed by atoms with E-state index in [4.69, 9.17) is 0 Å². The normalized spacial score (nSPS) is 14.5. The van der Waals surface area contributed by atoms with Crippen molar-refractivity contribution in [3.63, 3.8) is 0 Å². The largest absolute Gasteiger partial charge is 0.352 e. The van der Waals surface area contributed by atoms with Gasteiger partial charge < -0.3 is 10.2 Å². The molecule has 2 amide bonds. The predicted octanol–water partition coefficient (Wildman–Crippen LogP) is 3.76. The number of hydrogen-bond donors (Lipinski definition) is 1. The fourth-order valence-electron chi connectivity index (χ4n) is 3.69. The maximum absolute atomic E-state index is 12.9. The summed E-state index contributed by atoms with van der Waals surface area (Å²) < 4.78 is 2.69. The van der Waals surface area contributed by atoms with Gasteiger partial charge in [0.25, 0.3) is 11.8 Å². The Labute approximate surface area is 196 Å².